The molecule has 2 aromatic rings. The van der Waals surface area contributed by atoms with Crippen molar-refractivity contribution in [2.45, 2.75) is 19.4 Å². The van der Waals surface area contributed by atoms with Crippen LogP contribution < -0.4 is 5.32 Å². The summed E-state index contributed by atoms with van der Waals surface area (Å²) < 4.78 is 13.2. The Balaban J connectivity index is 1.93. The van der Waals surface area contributed by atoms with E-state index in [1.165, 1.54) is 17.7 Å². The standard InChI is InChI=1S/C18H18FN3S/c1-12-3-5-13(6-4-12)16-11-17(22(21-16)18(23)20-2)14-7-9-15(19)10-8-14/h3-10,17H,11H2,1-2H3,(H,20,23). The molecule has 0 spiro atoms. The summed E-state index contributed by atoms with van der Waals surface area (Å²) in [7, 11) is 1.78. The molecule has 0 saturated carbocycles. The van der Waals surface area contributed by atoms with Gasteiger partial charge >= 0.3 is 0 Å². The molecule has 0 aromatic heterocycles. The third-order valence-corrected chi connectivity index (χ3v) is 4.36. The van der Waals surface area contributed by atoms with Crippen molar-refractivity contribution in [2.75, 3.05) is 7.05 Å². The van der Waals surface area contributed by atoms with Gasteiger partial charge in [-0.05, 0) is 42.4 Å². The number of hydrogen-bond donors (Lipinski definition) is 1. The number of hydrazone groups is 1. The molecule has 118 valence electrons. The van der Waals surface area contributed by atoms with E-state index < -0.39 is 0 Å². The van der Waals surface area contributed by atoms with Crippen LogP contribution in [0, 0.1) is 12.7 Å². The van der Waals surface area contributed by atoms with E-state index in [1.807, 2.05) is 0 Å². The number of nitrogens with one attached hydrogen (secondary N) is 1. The monoisotopic (exact) mass is 327 g/mol. The van der Waals surface area contributed by atoms with Gasteiger partial charge in [0.15, 0.2) is 5.11 Å². The van der Waals surface area contributed by atoms with Gasteiger partial charge in [0.05, 0.1) is 11.8 Å². The van der Waals surface area contributed by atoms with Crippen molar-refractivity contribution in [3.8, 4) is 0 Å². The lowest BCUT2D eigenvalue weighted by Gasteiger charge is -2.23. The van der Waals surface area contributed by atoms with Crippen LogP contribution in [-0.4, -0.2) is 22.9 Å². The molecule has 1 aliphatic rings. The summed E-state index contributed by atoms with van der Waals surface area (Å²) in [6, 6.07) is 14.8. The molecule has 1 N–H and O–H groups in total. The van der Waals surface area contributed by atoms with E-state index in [0.717, 1.165) is 23.3 Å². The topological polar surface area (TPSA) is 27.6 Å². The van der Waals surface area contributed by atoms with Crippen LogP contribution in [0.2, 0.25) is 0 Å². The number of thiocarbonyl (C=S) groups is 1. The first kappa shape index (κ1) is 15.6. The van der Waals surface area contributed by atoms with E-state index in [-0.39, 0.29) is 11.9 Å². The maximum atomic E-state index is 13.2. The van der Waals surface area contributed by atoms with Crippen molar-refractivity contribution < 1.29 is 4.39 Å². The maximum absolute atomic E-state index is 13.2. The fourth-order valence-corrected chi connectivity index (χ4v) is 2.85. The van der Waals surface area contributed by atoms with Crippen LogP contribution in [-0.2, 0) is 0 Å². The molecule has 1 aliphatic heterocycles. The second-order valence-electron chi connectivity index (χ2n) is 5.58. The smallest absolute Gasteiger partial charge is 0.189 e. The molecule has 1 unspecified atom stereocenters. The van der Waals surface area contributed by atoms with Crippen molar-refractivity contribution in [2.24, 2.45) is 5.10 Å². The fraction of sp³-hybridized carbons (Fsp3) is 0.222. The van der Waals surface area contributed by atoms with E-state index in [9.17, 15) is 4.39 Å². The number of hydrogen-bond acceptors (Lipinski definition) is 2. The van der Waals surface area contributed by atoms with E-state index in [2.05, 4.69) is 36.5 Å². The van der Waals surface area contributed by atoms with Crippen LogP contribution in [0.4, 0.5) is 4.39 Å². The number of nitrogens with zero attached hydrogens (tertiary/aromatic N) is 2. The summed E-state index contributed by atoms with van der Waals surface area (Å²) in [5, 5.41) is 10.0. The molecule has 0 saturated heterocycles. The maximum Gasteiger partial charge on any atom is 0.189 e. The van der Waals surface area contributed by atoms with Gasteiger partial charge in [-0.2, -0.15) is 5.10 Å². The van der Waals surface area contributed by atoms with Gasteiger partial charge in [0.2, 0.25) is 0 Å². The second kappa shape index (κ2) is 6.46. The Hall–Kier alpha value is -2.27. The van der Waals surface area contributed by atoms with Crippen molar-refractivity contribution >= 4 is 23.0 Å². The zero-order valence-corrected chi connectivity index (χ0v) is 13.9. The van der Waals surface area contributed by atoms with Crippen LogP contribution in [0.25, 0.3) is 0 Å². The predicted octanol–water partition coefficient (Wildman–Crippen LogP) is 3.79. The van der Waals surface area contributed by atoms with Crippen molar-refractivity contribution in [3.63, 3.8) is 0 Å². The average Bonchev–Trinajstić information content (AvgIpc) is 3.00. The van der Waals surface area contributed by atoms with Crippen LogP contribution in [0.1, 0.15) is 29.2 Å². The Morgan fingerprint density at radius 1 is 1.17 bits per heavy atom. The van der Waals surface area contributed by atoms with Gasteiger partial charge in [-0.1, -0.05) is 42.0 Å². The average molecular weight is 327 g/mol. The highest BCUT2D eigenvalue weighted by Crippen LogP contribution is 2.32. The Kier molecular flexibility index (Phi) is 4.39. The van der Waals surface area contributed by atoms with E-state index >= 15 is 0 Å². The first-order chi connectivity index (χ1) is 11.1. The summed E-state index contributed by atoms with van der Waals surface area (Å²) in [4.78, 5) is 0. The highest BCUT2D eigenvalue weighted by atomic mass is 32.1. The highest BCUT2D eigenvalue weighted by Gasteiger charge is 2.30. The molecule has 0 radical (unpaired) electrons. The zero-order valence-electron chi connectivity index (χ0n) is 13.1. The molecular weight excluding hydrogens is 309 g/mol. The van der Waals surface area contributed by atoms with Crippen LogP contribution in [0.5, 0.6) is 0 Å². The first-order valence-electron chi connectivity index (χ1n) is 7.49. The van der Waals surface area contributed by atoms with Crippen molar-refractivity contribution in [1.29, 1.82) is 0 Å². The van der Waals surface area contributed by atoms with Crippen molar-refractivity contribution in [1.82, 2.24) is 10.3 Å². The Bertz CT molecular complexity index is 738. The first-order valence-corrected chi connectivity index (χ1v) is 7.90. The largest absolute Gasteiger partial charge is 0.364 e. The van der Waals surface area contributed by atoms with Gasteiger partial charge in [-0.25, -0.2) is 9.40 Å². The van der Waals surface area contributed by atoms with Crippen LogP contribution in [0.15, 0.2) is 53.6 Å². The number of aryl methyl sites for hydroxylation is 1. The molecular formula is C18H18FN3S. The van der Waals surface area contributed by atoms with Gasteiger partial charge in [0, 0.05) is 13.5 Å². The van der Waals surface area contributed by atoms with Gasteiger partial charge in [-0.3, -0.25) is 0 Å². The summed E-state index contributed by atoms with van der Waals surface area (Å²) in [5.74, 6) is -0.242. The third kappa shape index (κ3) is 3.24. The van der Waals surface area contributed by atoms with Crippen LogP contribution >= 0.6 is 12.2 Å². The fourth-order valence-electron chi connectivity index (χ4n) is 2.68. The molecule has 5 heteroatoms. The summed E-state index contributed by atoms with van der Waals surface area (Å²) in [5.41, 5.74) is 4.28. The molecule has 1 heterocycles. The Morgan fingerprint density at radius 2 is 1.83 bits per heavy atom. The van der Waals surface area contributed by atoms with Gasteiger partial charge in [0.25, 0.3) is 0 Å². The Labute approximate surface area is 140 Å². The molecule has 0 aliphatic carbocycles. The minimum Gasteiger partial charge on any atom is -0.364 e. The molecule has 0 bridgehead atoms. The quantitative estimate of drug-likeness (QED) is 0.851. The van der Waals surface area contributed by atoms with E-state index in [0.29, 0.717) is 5.11 Å². The predicted molar refractivity (Wildman–Crippen MR) is 95.0 cm³/mol. The number of halogens is 1. The summed E-state index contributed by atoms with van der Waals surface area (Å²) >= 11 is 5.38. The summed E-state index contributed by atoms with van der Waals surface area (Å²) in [6.07, 6.45) is 0.733. The molecule has 23 heavy (non-hydrogen) atoms. The minimum absolute atomic E-state index is 0.0214. The van der Waals surface area contributed by atoms with Gasteiger partial charge in [-0.15, -0.1) is 0 Å². The Morgan fingerprint density at radius 3 is 2.43 bits per heavy atom. The third-order valence-electron chi connectivity index (χ3n) is 3.97. The van der Waals surface area contributed by atoms with Crippen molar-refractivity contribution in [3.05, 3.63) is 71.0 Å². The molecule has 2 aromatic carbocycles. The minimum atomic E-state index is -0.242. The molecule has 3 rings (SSSR count). The lowest BCUT2D eigenvalue weighted by molar-refractivity contribution is 0.366. The van der Waals surface area contributed by atoms with Gasteiger partial charge in [0.1, 0.15) is 5.82 Å². The molecule has 1 atom stereocenters. The number of rotatable bonds is 2. The van der Waals surface area contributed by atoms with E-state index in [4.69, 9.17) is 17.3 Å². The number of benzene rings is 2. The normalized spacial score (nSPS) is 17.1. The SMILES string of the molecule is CNC(=S)N1N=C(c2ccc(C)cc2)CC1c1ccc(F)cc1. The van der Waals surface area contributed by atoms with E-state index in [1.54, 1.807) is 24.2 Å². The summed E-state index contributed by atoms with van der Waals surface area (Å²) in [6.45, 7) is 2.06. The molecule has 3 nitrogen and oxygen atoms in total. The molecule has 0 amide bonds. The lowest BCUT2D eigenvalue weighted by atomic mass is 9.98. The lowest BCUT2D eigenvalue weighted by Crippen LogP contribution is -2.34. The highest BCUT2D eigenvalue weighted by molar-refractivity contribution is 7.80. The van der Waals surface area contributed by atoms with Crippen LogP contribution in [0.3, 0.4) is 0 Å². The second-order valence-corrected chi connectivity index (χ2v) is 5.97. The zero-order chi connectivity index (χ0) is 16.4. The van der Waals surface area contributed by atoms with Gasteiger partial charge < -0.3 is 5.32 Å². The molecule has 0 fully saturated rings.